The van der Waals surface area contributed by atoms with Gasteiger partial charge in [0.2, 0.25) is 0 Å². The first-order valence-electron chi connectivity index (χ1n) is 11.9. The number of fused-ring (bicyclic) bond motifs is 2. The highest BCUT2D eigenvalue weighted by Gasteiger charge is 2.50. The molecule has 2 aliphatic rings. The maximum Gasteiger partial charge on any atom is 0.0859 e. The molecule has 1 fully saturated rings. The summed E-state index contributed by atoms with van der Waals surface area (Å²) in [4.78, 5) is 0. The Morgan fingerprint density at radius 3 is 2.36 bits per heavy atom. The van der Waals surface area contributed by atoms with Crippen LogP contribution in [-0.2, 0) is 23.1 Å². The van der Waals surface area contributed by atoms with Gasteiger partial charge in [0.1, 0.15) is 0 Å². The van der Waals surface area contributed by atoms with E-state index in [-0.39, 0.29) is 11.1 Å². The van der Waals surface area contributed by atoms with Crippen molar-refractivity contribution in [2.24, 2.45) is 17.8 Å². The lowest BCUT2D eigenvalue weighted by Crippen LogP contribution is -2.29. The van der Waals surface area contributed by atoms with Crippen molar-refractivity contribution in [1.82, 2.24) is 15.0 Å². The second kappa shape index (κ2) is 8.85. The van der Waals surface area contributed by atoms with Gasteiger partial charge in [-0.3, -0.25) is 0 Å². The molecule has 0 amide bonds. The van der Waals surface area contributed by atoms with Gasteiger partial charge in [0.25, 0.3) is 0 Å². The molecule has 4 atom stereocenters. The molecule has 1 saturated carbocycles. The minimum Gasteiger partial charge on any atom is -0.375 e. The van der Waals surface area contributed by atoms with Gasteiger partial charge in [-0.15, -0.1) is 5.10 Å². The Morgan fingerprint density at radius 1 is 1.00 bits per heavy atom. The molecule has 3 rings (SSSR count). The van der Waals surface area contributed by atoms with Gasteiger partial charge in [0.15, 0.2) is 0 Å². The van der Waals surface area contributed by atoms with Crippen LogP contribution in [0.4, 0.5) is 0 Å². The molecule has 1 unspecified atom stereocenters. The van der Waals surface area contributed by atoms with Crippen LogP contribution in [0.25, 0.3) is 0 Å². The Bertz CT molecular complexity index is 632. The molecule has 0 saturated heterocycles. The van der Waals surface area contributed by atoms with E-state index >= 15 is 0 Å². The van der Waals surface area contributed by atoms with Crippen molar-refractivity contribution in [2.45, 2.75) is 117 Å². The van der Waals surface area contributed by atoms with E-state index in [1.54, 1.807) is 0 Å². The fraction of sp³-hybridized carbons (Fsp3) is 0.917. The number of unbranched alkanes of at least 4 members (excludes halogenated alkanes) is 3. The van der Waals surface area contributed by atoms with E-state index in [1.807, 2.05) is 0 Å². The van der Waals surface area contributed by atoms with E-state index < -0.39 is 0 Å². The predicted octanol–water partition coefficient (Wildman–Crippen LogP) is 5.93. The van der Waals surface area contributed by atoms with Crippen LogP contribution in [0.3, 0.4) is 0 Å². The highest BCUT2D eigenvalue weighted by molar-refractivity contribution is 5.16. The van der Waals surface area contributed by atoms with Gasteiger partial charge in [0, 0.05) is 0 Å². The van der Waals surface area contributed by atoms with Crippen LogP contribution in [0.2, 0.25) is 0 Å². The molecule has 2 aliphatic carbocycles. The average molecular weight is 390 g/mol. The van der Waals surface area contributed by atoms with Gasteiger partial charge in [-0.25, -0.2) is 4.68 Å². The zero-order valence-corrected chi connectivity index (χ0v) is 19.3. The summed E-state index contributed by atoms with van der Waals surface area (Å²) in [6.45, 7) is 14.5. The van der Waals surface area contributed by atoms with Crippen LogP contribution in [0.1, 0.15) is 104 Å². The predicted molar refractivity (Wildman–Crippen MR) is 116 cm³/mol. The van der Waals surface area contributed by atoms with Crippen LogP contribution in [0.15, 0.2) is 0 Å². The number of rotatable bonds is 9. The maximum atomic E-state index is 6.56. The van der Waals surface area contributed by atoms with E-state index in [0.29, 0.717) is 0 Å². The quantitative estimate of drug-likeness (QED) is 0.491. The minimum atomic E-state index is 0.0198. The third kappa shape index (κ3) is 4.98. The van der Waals surface area contributed by atoms with Gasteiger partial charge in [-0.05, 0) is 84.0 Å². The summed E-state index contributed by atoms with van der Waals surface area (Å²) >= 11 is 0. The van der Waals surface area contributed by atoms with Gasteiger partial charge in [-0.2, -0.15) is 0 Å². The third-order valence-electron chi connectivity index (χ3n) is 7.35. The smallest absolute Gasteiger partial charge is 0.0859 e. The monoisotopic (exact) mass is 389 g/mol. The number of aryl methyl sites for hydroxylation is 1. The first-order chi connectivity index (χ1) is 13.3. The van der Waals surface area contributed by atoms with E-state index in [1.165, 1.54) is 56.3 Å². The Hall–Kier alpha value is -0.900. The van der Waals surface area contributed by atoms with Crippen LogP contribution in [0.5, 0.6) is 0 Å². The van der Waals surface area contributed by atoms with Crippen molar-refractivity contribution < 1.29 is 4.74 Å². The van der Waals surface area contributed by atoms with Crippen molar-refractivity contribution in [3.8, 4) is 0 Å². The van der Waals surface area contributed by atoms with Gasteiger partial charge < -0.3 is 4.74 Å². The summed E-state index contributed by atoms with van der Waals surface area (Å²) < 4.78 is 8.73. The fourth-order valence-electron chi connectivity index (χ4n) is 5.12. The number of nitrogens with zero attached hydrogens (tertiary/aromatic N) is 3. The lowest BCUT2D eigenvalue weighted by atomic mass is 9.95. The van der Waals surface area contributed by atoms with E-state index in [4.69, 9.17) is 4.74 Å². The van der Waals surface area contributed by atoms with E-state index in [9.17, 15) is 0 Å². The molecular weight excluding hydrogens is 346 g/mol. The van der Waals surface area contributed by atoms with Crippen molar-refractivity contribution in [1.29, 1.82) is 0 Å². The molecule has 160 valence electrons. The molecule has 0 radical (unpaired) electrons. The molecule has 0 spiro atoms. The Morgan fingerprint density at radius 2 is 1.71 bits per heavy atom. The maximum absolute atomic E-state index is 6.56. The highest BCUT2D eigenvalue weighted by Crippen LogP contribution is 2.53. The highest BCUT2D eigenvalue weighted by atomic mass is 16.5. The molecule has 0 bridgehead atoms. The molecule has 1 aromatic rings. The summed E-state index contributed by atoms with van der Waals surface area (Å²) in [5, 5.41) is 9.01. The molecule has 28 heavy (non-hydrogen) atoms. The molecule has 4 heteroatoms. The average Bonchev–Trinajstić information content (AvgIpc) is 3.11. The van der Waals surface area contributed by atoms with Crippen molar-refractivity contribution in [3.05, 3.63) is 11.4 Å². The first kappa shape index (κ1) is 21.8. The van der Waals surface area contributed by atoms with Crippen LogP contribution in [0, 0.1) is 17.8 Å². The summed E-state index contributed by atoms with van der Waals surface area (Å²) in [5.74, 6) is 2.45. The molecule has 1 heterocycles. The lowest BCUT2D eigenvalue weighted by Gasteiger charge is -2.29. The van der Waals surface area contributed by atoms with Gasteiger partial charge in [-0.1, -0.05) is 44.7 Å². The SMILES string of the molecule is CCCCCCC(C)(CC)OC[C@@H]1[C@@H]2CCc3c(nnn3C(C)(C)C)CC[C@@H]21. The van der Waals surface area contributed by atoms with E-state index in [0.717, 1.165) is 43.6 Å². The largest absolute Gasteiger partial charge is 0.375 e. The zero-order chi connectivity index (χ0) is 20.4. The lowest BCUT2D eigenvalue weighted by molar-refractivity contribution is -0.0496. The Kier molecular flexibility index (Phi) is 6.89. The number of hydrogen-bond donors (Lipinski definition) is 0. The summed E-state index contributed by atoms with van der Waals surface area (Å²) in [6.07, 6.45) is 12.4. The second-order valence-electron chi connectivity index (χ2n) is 10.6. The Balaban J connectivity index is 1.52. The number of hydrogen-bond acceptors (Lipinski definition) is 3. The standard InChI is InChI=1S/C24H43N3O/c1-7-9-10-11-16-24(6,8-2)28-17-20-18-12-14-21-22(15-13-19(18)20)27(26-25-21)23(3,4)5/h18-20H,7-17H2,1-6H3/t18-,19+,20-,24?/m0/s1. The van der Waals surface area contributed by atoms with Gasteiger partial charge >= 0.3 is 0 Å². The summed E-state index contributed by atoms with van der Waals surface area (Å²) in [7, 11) is 0. The van der Waals surface area contributed by atoms with Crippen LogP contribution >= 0.6 is 0 Å². The zero-order valence-electron chi connectivity index (χ0n) is 19.3. The third-order valence-corrected chi connectivity index (χ3v) is 7.35. The molecule has 0 aliphatic heterocycles. The minimum absolute atomic E-state index is 0.0198. The molecule has 0 aromatic carbocycles. The topological polar surface area (TPSA) is 39.9 Å². The first-order valence-corrected chi connectivity index (χ1v) is 11.9. The Labute approximate surface area is 172 Å². The fourth-order valence-corrected chi connectivity index (χ4v) is 5.12. The molecular formula is C24H43N3O. The van der Waals surface area contributed by atoms with Crippen molar-refractivity contribution >= 4 is 0 Å². The number of ether oxygens (including phenoxy) is 1. The molecule has 4 nitrogen and oxygen atoms in total. The normalized spacial score (nSPS) is 26.7. The van der Waals surface area contributed by atoms with Crippen molar-refractivity contribution in [2.75, 3.05) is 6.61 Å². The second-order valence-corrected chi connectivity index (χ2v) is 10.6. The molecule has 0 N–H and O–H groups in total. The number of aromatic nitrogens is 3. The summed E-state index contributed by atoms with van der Waals surface area (Å²) in [6, 6.07) is 0. The van der Waals surface area contributed by atoms with E-state index in [2.05, 4.69) is 56.5 Å². The van der Waals surface area contributed by atoms with Crippen LogP contribution in [-0.4, -0.2) is 27.2 Å². The van der Waals surface area contributed by atoms with Crippen molar-refractivity contribution in [3.63, 3.8) is 0 Å². The van der Waals surface area contributed by atoms with Crippen LogP contribution < -0.4 is 0 Å². The summed E-state index contributed by atoms with van der Waals surface area (Å²) in [5.41, 5.74) is 2.72. The van der Waals surface area contributed by atoms with Gasteiger partial charge in [0.05, 0.1) is 29.1 Å². The molecule has 1 aromatic heterocycles.